The Morgan fingerprint density at radius 1 is 1.35 bits per heavy atom. The van der Waals surface area contributed by atoms with E-state index in [0.29, 0.717) is 5.41 Å². The molecule has 1 heterocycles. The fraction of sp³-hybridized carbons (Fsp3) is 0.769. The molecule has 1 N–H and O–H groups in total. The van der Waals surface area contributed by atoms with E-state index in [9.17, 15) is 0 Å². The lowest BCUT2D eigenvalue weighted by Crippen LogP contribution is -2.22. The summed E-state index contributed by atoms with van der Waals surface area (Å²) in [6.45, 7) is 13.8. The maximum Gasteiger partial charge on any atom is 0.0739 e. The Kier molecular flexibility index (Phi) is 5.20. The molecular formula is C13H24BrN3. The highest BCUT2D eigenvalue weighted by atomic mass is 79.9. The lowest BCUT2D eigenvalue weighted by atomic mass is 9.92. The minimum atomic E-state index is 0.394. The van der Waals surface area contributed by atoms with Gasteiger partial charge < -0.3 is 5.32 Å². The minimum absolute atomic E-state index is 0.394. The summed E-state index contributed by atoms with van der Waals surface area (Å²) < 4.78 is 3.20. The zero-order valence-corrected chi connectivity index (χ0v) is 13.2. The topological polar surface area (TPSA) is 29.9 Å². The largest absolute Gasteiger partial charge is 0.311 e. The molecule has 0 bridgehead atoms. The first kappa shape index (κ1) is 14.7. The Hall–Kier alpha value is -0.350. The van der Waals surface area contributed by atoms with Gasteiger partial charge in [-0.2, -0.15) is 5.10 Å². The van der Waals surface area contributed by atoms with E-state index in [4.69, 9.17) is 0 Å². The van der Waals surface area contributed by atoms with Gasteiger partial charge in [-0.05, 0) is 48.2 Å². The number of nitrogens with zero attached hydrogens (tertiary/aromatic N) is 2. The second-order valence-electron chi connectivity index (χ2n) is 5.65. The lowest BCUT2D eigenvalue weighted by Gasteiger charge is -2.18. The summed E-state index contributed by atoms with van der Waals surface area (Å²) in [5, 5.41) is 7.98. The van der Waals surface area contributed by atoms with Gasteiger partial charge in [-0.15, -0.1) is 0 Å². The fourth-order valence-corrected chi connectivity index (χ4v) is 2.13. The van der Waals surface area contributed by atoms with Crippen molar-refractivity contribution in [1.29, 1.82) is 0 Å². The molecule has 0 aromatic carbocycles. The van der Waals surface area contributed by atoms with E-state index in [-0.39, 0.29) is 0 Å². The Morgan fingerprint density at radius 2 is 2.00 bits per heavy atom. The second-order valence-corrected chi connectivity index (χ2v) is 6.44. The summed E-state index contributed by atoms with van der Waals surface area (Å²) in [7, 11) is 0. The predicted octanol–water partition coefficient (Wildman–Crippen LogP) is 3.50. The highest BCUT2D eigenvalue weighted by molar-refractivity contribution is 9.10. The molecule has 17 heavy (non-hydrogen) atoms. The van der Waals surface area contributed by atoms with Crippen LogP contribution >= 0.6 is 15.9 Å². The zero-order valence-electron chi connectivity index (χ0n) is 11.6. The van der Waals surface area contributed by atoms with Crippen LogP contribution < -0.4 is 5.32 Å². The molecule has 0 unspecified atom stereocenters. The summed E-state index contributed by atoms with van der Waals surface area (Å²) in [5.74, 6) is 0. The number of halogens is 1. The first-order chi connectivity index (χ1) is 7.85. The van der Waals surface area contributed by atoms with Crippen molar-refractivity contribution in [2.24, 2.45) is 5.41 Å². The molecule has 0 amide bonds. The van der Waals surface area contributed by atoms with Gasteiger partial charge in [0.1, 0.15) is 0 Å². The monoisotopic (exact) mass is 301 g/mol. The van der Waals surface area contributed by atoms with E-state index < -0.39 is 0 Å². The van der Waals surface area contributed by atoms with Crippen LogP contribution in [0.1, 0.15) is 45.5 Å². The van der Waals surface area contributed by atoms with E-state index in [0.717, 1.165) is 29.8 Å². The molecule has 3 nitrogen and oxygen atoms in total. The molecule has 1 rings (SSSR count). The SMILES string of the molecule is CCn1nc(C)c(Br)c1CNCCC(C)(C)C. The number of aromatic nitrogens is 2. The summed E-state index contributed by atoms with van der Waals surface area (Å²) in [6, 6.07) is 0. The molecule has 0 saturated carbocycles. The van der Waals surface area contributed by atoms with Crippen LogP contribution in [0, 0.1) is 12.3 Å². The third-order valence-corrected chi connectivity index (χ3v) is 3.83. The van der Waals surface area contributed by atoms with E-state index in [1.165, 1.54) is 12.1 Å². The van der Waals surface area contributed by atoms with E-state index in [1.54, 1.807) is 0 Å². The van der Waals surface area contributed by atoms with Crippen LogP contribution in [0.25, 0.3) is 0 Å². The Balaban J connectivity index is 2.52. The first-order valence-electron chi connectivity index (χ1n) is 6.27. The van der Waals surface area contributed by atoms with Gasteiger partial charge in [-0.25, -0.2) is 0 Å². The summed E-state index contributed by atoms with van der Waals surface area (Å²) in [4.78, 5) is 0. The van der Waals surface area contributed by atoms with E-state index in [2.05, 4.69) is 58.7 Å². The van der Waals surface area contributed by atoms with E-state index >= 15 is 0 Å². The number of aryl methyl sites for hydroxylation is 2. The van der Waals surface area contributed by atoms with Crippen LogP contribution in [0.4, 0.5) is 0 Å². The molecule has 0 aliphatic rings. The molecule has 0 spiro atoms. The molecule has 98 valence electrons. The molecular weight excluding hydrogens is 278 g/mol. The molecule has 0 aliphatic heterocycles. The van der Waals surface area contributed by atoms with Crippen molar-refractivity contribution in [3.63, 3.8) is 0 Å². The predicted molar refractivity (Wildman–Crippen MR) is 76.1 cm³/mol. The average molecular weight is 302 g/mol. The van der Waals surface area contributed by atoms with Crippen molar-refractivity contribution < 1.29 is 0 Å². The molecule has 0 radical (unpaired) electrons. The molecule has 0 saturated heterocycles. The standard InChI is InChI=1S/C13H24BrN3/c1-6-17-11(12(14)10(2)16-17)9-15-8-7-13(3,4)5/h15H,6-9H2,1-5H3. The third kappa shape index (κ3) is 4.43. The van der Waals surface area contributed by atoms with Gasteiger partial charge in [-0.1, -0.05) is 20.8 Å². The lowest BCUT2D eigenvalue weighted by molar-refractivity contribution is 0.365. The molecule has 0 fully saturated rings. The number of nitrogens with one attached hydrogen (secondary N) is 1. The summed E-state index contributed by atoms with van der Waals surface area (Å²) in [5.41, 5.74) is 2.71. The average Bonchev–Trinajstić information content (AvgIpc) is 2.49. The smallest absolute Gasteiger partial charge is 0.0739 e. The van der Waals surface area contributed by atoms with E-state index in [1.807, 2.05) is 6.92 Å². The molecule has 1 aromatic rings. The number of hydrogen-bond donors (Lipinski definition) is 1. The van der Waals surface area contributed by atoms with Crippen molar-refractivity contribution in [3.05, 3.63) is 15.9 Å². The van der Waals surface area contributed by atoms with Crippen molar-refractivity contribution in [2.45, 2.75) is 54.1 Å². The van der Waals surface area contributed by atoms with Crippen LogP contribution in [-0.2, 0) is 13.1 Å². The Morgan fingerprint density at radius 3 is 2.53 bits per heavy atom. The zero-order chi connectivity index (χ0) is 13.1. The van der Waals surface area contributed by atoms with Crippen molar-refractivity contribution >= 4 is 15.9 Å². The molecule has 1 aromatic heterocycles. The fourth-order valence-electron chi connectivity index (χ4n) is 1.71. The summed E-state index contributed by atoms with van der Waals surface area (Å²) >= 11 is 3.61. The molecule has 0 atom stereocenters. The number of rotatable bonds is 5. The third-order valence-electron chi connectivity index (χ3n) is 2.80. The van der Waals surface area contributed by atoms with Gasteiger partial charge >= 0.3 is 0 Å². The van der Waals surface area contributed by atoms with Gasteiger partial charge in [0.05, 0.1) is 15.9 Å². The van der Waals surface area contributed by atoms with Crippen LogP contribution in [0.15, 0.2) is 4.47 Å². The number of hydrogen-bond acceptors (Lipinski definition) is 2. The second kappa shape index (κ2) is 6.01. The normalized spacial score (nSPS) is 12.1. The van der Waals surface area contributed by atoms with Gasteiger partial charge in [-0.3, -0.25) is 4.68 Å². The van der Waals surface area contributed by atoms with Crippen LogP contribution in [-0.4, -0.2) is 16.3 Å². The van der Waals surface area contributed by atoms with Crippen molar-refractivity contribution in [2.75, 3.05) is 6.54 Å². The van der Waals surface area contributed by atoms with Crippen molar-refractivity contribution in [1.82, 2.24) is 15.1 Å². The van der Waals surface area contributed by atoms with Crippen LogP contribution in [0.5, 0.6) is 0 Å². The maximum atomic E-state index is 4.49. The highest BCUT2D eigenvalue weighted by Crippen LogP contribution is 2.21. The van der Waals surface area contributed by atoms with Gasteiger partial charge in [0.15, 0.2) is 0 Å². The Bertz CT molecular complexity index is 363. The quantitative estimate of drug-likeness (QED) is 0.844. The molecule has 4 heteroatoms. The van der Waals surface area contributed by atoms with Crippen molar-refractivity contribution in [3.8, 4) is 0 Å². The summed E-state index contributed by atoms with van der Waals surface area (Å²) in [6.07, 6.45) is 1.18. The van der Waals surface area contributed by atoms with Crippen LogP contribution in [0.3, 0.4) is 0 Å². The minimum Gasteiger partial charge on any atom is -0.311 e. The van der Waals surface area contributed by atoms with Gasteiger partial charge in [0.2, 0.25) is 0 Å². The molecule has 0 aliphatic carbocycles. The van der Waals surface area contributed by atoms with Crippen LogP contribution in [0.2, 0.25) is 0 Å². The maximum absolute atomic E-state index is 4.49. The highest BCUT2D eigenvalue weighted by Gasteiger charge is 2.12. The van der Waals surface area contributed by atoms with Gasteiger partial charge in [0, 0.05) is 13.1 Å². The van der Waals surface area contributed by atoms with Gasteiger partial charge in [0.25, 0.3) is 0 Å². The Labute approximate surface area is 113 Å². The first-order valence-corrected chi connectivity index (χ1v) is 7.07.